The highest BCUT2D eigenvalue weighted by Gasteiger charge is 2.19. The average molecular weight is 448 g/mol. The summed E-state index contributed by atoms with van der Waals surface area (Å²) >= 11 is 11.5. The van der Waals surface area contributed by atoms with Crippen molar-refractivity contribution in [1.82, 2.24) is 5.32 Å². The van der Waals surface area contributed by atoms with Gasteiger partial charge in [0.25, 0.3) is 5.91 Å². The summed E-state index contributed by atoms with van der Waals surface area (Å²) in [7, 11) is 1.32. The van der Waals surface area contributed by atoms with Gasteiger partial charge in [-0.1, -0.05) is 17.7 Å². The van der Waals surface area contributed by atoms with E-state index in [9.17, 15) is 9.59 Å². The number of anilines is 2. The number of thiocarbonyl (C=S) groups is 1. The molecule has 1 fully saturated rings. The van der Waals surface area contributed by atoms with Gasteiger partial charge in [0.1, 0.15) is 0 Å². The first kappa shape index (κ1) is 22.0. The number of nitrogens with one attached hydrogen (secondary N) is 2. The Balaban J connectivity index is 1.81. The number of aryl methyl sites for hydroxylation is 1. The number of morpholine rings is 1. The normalized spacial score (nSPS) is 13.5. The van der Waals surface area contributed by atoms with Crippen molar-refractivity contribution in [3.8, 4) is 0 Å². The van der Waals surface area contributed by atoms with Gasteiger partial charge in [-0.25, -0.2) is 4.79 Å². The molecule has 2 aromatic rings. The third-order valence-electron chi connectivity index (χ3n) is 4.61. The predicted octanol–water partition coefficient (Wildman–Crippen LogP) is 3.40. The molecule has 2 aromatic carbocycles. The molecular formula is C21H22ClN3O4S. The molecule has 2 N–H and O–H groups in total. The Bertz CT molecular complexity index is 977. The fourth-order valence-corrected chi connectivity index (χ4v) is 3.61. The zero-order chi connectivity index (χ0) is 21.7. The quantitative estimate of drug-likeness (QED) is 0.549. The Kier molecular flexibility index (Phi) is 7.25. The van der Waals surface area contributed by atoms with Crippen molar-refractivity contribution in [2.45, 2.75) is 6.92 Å². The molecule has 0 spiro atoms. The van der Waals surface area contributed by atoms with Crippen LogP contribution in [0.4, 0.5) is 11.4 Å². The maximum atomic E-state index is 12.6. The molecule has 0 aromatic heterocycles. The first-order valence-electron chi connectivity index (χ1n) is 9.32. The van der Waals surface area contributed by atoms with Crippen molar-refractivity contribution >= 4 is 52.2 Å². The molecule has 1 heterocycles. The molecule has 9 heteroatoms. The first-order chi connectivity index (χ1) is 14.4. The van der Waals surface area contributed by atoms with E-state index in [-0.39, 0.29) is 5.11 Å². The average Bonchev–Trinajstić information content (AvgIpc) is 2.73. The SMILES string of the molecule is COC(=O)c1ccc(N2CCOCC2)c(NC(=S)NC(=O)c2ccc(C)cc2Cl)c1. The Hall–Kier alpha value is -2.68. The third kappa shape index (κ3) is 5.27. The van der Waals surface area contributed by atoms with Gasteiger partial charge in [-0.3, -0.25) is 10.1 Å². The van der Waals surface area contributed by atoms with Crippen molar-refractivity contribution in [2.75, 3.05) is 43.6 Å². The Labute approximate surface area is 185 Å². The van der Waals surface area contributed by atoms with Crippen LogP contribution in [0.1, 0.15) is 26.3 Å². The summed E-state index contributed by atoms with van der Waals surface area (Å²) in [6, 6.07) is 10.3. The zero-order valence-electron chi connectivity index (χ0n) is 16.7. The maximum absolute atomic E-state index is 12.6. The lowest BCUT2D eigenvalue weighted by Crippen LogP contribution is -2.38. The van der Waals surface area contributed by atoms with Gasteiger partial charge in [-0.2, -0.15) is 0 Å². The van der Waals surface area contributed by atoms with Crippen molar-refractivity contribution in [2.24, 2.45) is 0 Å². The molecule has 158 valence electrons. The van der Waals surface area contributed by atoms with Crippen LogP contribution >= 0.6 is 23.8 Å². The number of carbonyl (C=O) groups is 2. The summed E-state index contributed by atoms with van der Waals surface area (Å²) in [6.45, 7) is 4.49. The summed E-state index contributed by atoms with van der Waals surface area (Å²) in [5.74, 6) is -0.887. The van der Waals surface area contributed by atoms with Crippen molar-refractivity contribution < 1.29 is 19.1 Å². The number of methoxy groups -OCH3 is 1. The highest BCUT2D eigenvalue weighted by Crippen LogP contribution is 2.28. The molecule has 1 aliphatic rings. The van der Waals surface area contributed by atoms with Crippen LogP contribution in [0, 0.1) is 6.92 Å². The van der Waals surface area contributed by atoms with Gasteiger partial charge in [0.2, 0.25) is 0 Å². The van der Waals surface area contributed by atoms with Gasteiger partial charge in [0.15, 0.2) is 5.11 Å². The number of benzene rings is 2. The van der Waals surface area contributed by atoms with Crippen LogP contribution in [0.5, 0.6) is 0 Å². The Morgan fingerprint density at radius 1 is 1.17 bits per heavy atom. The van der Waals surface area contributed by atoms with Crippen molar-refractivity contribution in [3.63, 3.8) is 0 Å². The van der Waals surface area contributed by atoms with Gasteiger partial charge >= 0.3 is 5.97 Å². The summed E-state index contributed by atoms with van der Waals surface area (Å²) in [5, 5.41) is 6.10. The monoisotopic (exact) mass is 447 g/mol. The van der Waals surface area contributed by atoms with Crippen LogP contribution < -0.4 is 15.5 Å². The minimum Gasteiger partial charge on any atom is -0.465 e. The fourth-order valence-electron chi connectivity index (χ4n) is 3.09. The van der Waals surface area contributed by atoms with Gasteiger partial charge < -0.3 is 19.7 Å². The van der Waals surface area contributed by atoms with E-state index in [0.717, 1.165) is 11.3 Å². The molecule has 7 nitrogen and oxygen atoms in total. The minimum absolute atomic E-state index is 0.0909. The molecule has 0 radical (unpaired) electrons. The number of hydrogen-bond acceptors (Lipinski definition) is 6. The first-order valence-corrected chi connectivity index (χ1v) is 10.1. The second-order valence-corrected chi connectivity index (χ2v) is 7.53. The van der Waals surface area contributed by atoms with Crippen LogP contribution in [-0.4, -0.2) is 50.4 Å². The molecule has 0 bridgehead atoms. The molecule has 0 unspecified atom stereocenters. The number of amides is 1. The summed E-state index contributed by atoms with van der Waals surface area (Å²) in [6.07, 6.45) is 0. The molecule has 0 atom stereocenters. The van der Waals surface area contributed by atoms with E-state index in [1.165, 1.54) is 7.11 Å². The fraction of sp³-hybridized carbons (Fsp3) is 0.286. The maximum Gasteiger partial charge on any atom is 0.337 e. The highest BCUT2D eigenvalue weighted by atomic mass is 35.5. The van der Waals surface area contributed by atoms with Crippen molar-refractivity contribution in [3.05, 3.63) is 58.1 Å². The molecule has 1 saturated heterocycles. The molecule has 0 aliphatic carbocycles. The van der Waals surface area contributed by atoms with E-state index in [4.69, 9.17) is 33.3 Å². The van der Waals surface area contributed by atoms with Gasteiger partial charge in [-0.05, 0) is 55.0 Å². The molecule has 3 rings (SSSR count). The van der Waals surface area contributed by atoms with Crippen LogP contribution in [0.2, 0.25) is 5.02 Å². The van der Waals surface area contributed by atoms with E-state index in [1.54, 1.807) is 30.3 Å². The number of nitrogens with zero attached hydrogens (tertiary/aromatic N) is 1. The van der Waals surface area contributed by atoms with Crippen LogP contribution in [-0.2, 0) is 9.47 Å². The zero-order valence-corrected chi connectivity index (χ0v) is 18.2. The number of hydrogen-bond donors (Lipinski definition) is 2. The lowest BCUT2D eigenvalue weighted by molar-refractivity contribution is 0.0600. The predicted molar refractivity (Wildman–Crippen MR) is 121 cm³/mol. The second kappa shape index (κ2) is 9.88. The molecule has 1 aliphatic heterocycles. The summed E-state index contributed by atoms with van der Waals surface area (Å²) < 4.78 is 10.2. The topological polar surface area (TPSA) is 79.9 Å². The molecule has 1 amide bonds. The number of esters is 1. The van der Waals surface area contributed by atoms with Gasteiger partial charge in [0, 0.05) is 13.1 Å². The lowest BCUT2D eigenvalue weighted by atomic mass is 10.1. The highest BCUT2D eigenvalue weighted by molar-refractivity contribution is 7.80. The van der Waals surface area contributed by atoms with Gasteiger partial charge in [-0.15, -0.1) is 0 Å². The lowest BCUT2D eigenvalue weighted by Gasteiger charge is -2.31. The molecule has 30 heavy (non-hydrogen) atoms. The standard InChI is InChI=1S/C21H22ClN3O4S/c1-13-3-5-15(16(22)11-13)19(26)24-21(30)23-17-12-14(20(27)28-2)4-6-18(17)25-7-9-29-10-8-25/h3-6,11-12H,7-10H2,1-2H3,(H2,23,24,26,30). The number of rotatable bonds is 4. The number of halogens is 1. The van der Waals surface area contributed by atoms with Crippen LogP contribution in [0.3, 0.4) is 0 Å². The summed E-state index contributed by atoms with van der Waals surface area (Å²) in [4.78, 5) is 26.6. The number of carbonyl (C=O) groups excluding carboxylic acids is 2. The van der Waals surface area contributed by atoms with E-state index in [1.807, 2.05) is 13.0 Å². The minimum atomic E-state index is -0.465. The smallest absolute Gasteiger partial charge is 0.337 e. The van der Waals surface area contributed by atoms with E-state index in [2.05, 4.69) is 15.5 Å². The van der Waals surface area contributed by atoms with Crippen molar-refractivity contribution in [1.29, 1.82) is 0 Å². The number of ether oxygens (including phenoxy) is 2. The van der Waals surface area contributed by atoms with E-state index >= 15 is 0 Å². The Morgan fingerprint density at radius 2 is 1.90 bits per heavy atom. The van der Waals surface area contributed by atoms with E-state index in [0.29, 0.717) is 48.1 Å². The molecular weight excluding hydrogens is 426 g/mol. The van der Waals surface area contributed by atoms with Gasteiger partial charge in [0.05, 0.1) is 47.8 Å². The Morgan fingerprint density at radius 3 is 2.57 bits per heavy atom. The van der Waals surface area contributed by atoms with Crippen LogP contribution in [0.15, 0.2) is 36.4 Å². The second-order valence-electron chi connectivity index (χ2n) is 6.71. The molecule has 0 saturated carbocycles. The van der Waals surface area contributed by atoms with E-state index < -0.39 is 11.9 Å². The largest absolute Gasteiger partial charge is 0.465 e. The van der Waals surface area contributed by atoms with Crippen LogP contribution in [0.25, 0.3) is 0 Å². The summed E-state index contributed by atoms with van der Waals surface area (Å²) in [5.41, 5.74) is 3.07. The third-order valence-corrected chi connectivity index (χ3v) is 5.13.